The second-order valence-corrected chi connectivity index (χ2v) is 9.71. The summed E-state index contributed by atoms with van der Waals surface area (Å²) in [5.41, 5.74) is 6.63. The lowest BCUT2D eigenvalue weighted by molar-refractivity contribution is -0.144. The number of hydrogen-bond donors (Lipinski definition) is 1. The first-order chi connectivity index (χ1) is 17.1. The first-order valence-electron chi connectivity index (χ1n) is 12.0. The van der Waals surface area contributed by atoms with Crippen LogP contribution in [0.3, 0.4) is 0 Å². The number of carbonyl (C=O) groups excluding carboxylic acids is 1. The summed E-state index contributed by atoms with van der Waals surface area (Å²) in [6.07, 6.45) is 1.53. The lowest BCUT2D eigenvalue weighted by Crippen LogP contribution is -2.32. The topological polar surface area (TPSA) is 56.8 Å². The van der Waals surface area contributed by atoms with E-state index in [0.717, 1.165) is 39.1 Å². The van der Waals surface area contributed by atoms with E-state index in [4.69, 9.17) is 14.2 Å². The van der Waals surface area contributed by atoms with Crippen LogP contribution in [0.4, 0.5) is 10.1 Å². The summed E-state index contributed by atoms with van der Waals surface area (Å²) in [6.45, 7) is 10.1. The average molecular weight is 490 g/mol. The highest BCUT2D eigenvalue weighted by Crippen LogP contribution is 2.41. The summed E-state index contributed by atoms with van der Waals surface area (Å²) >= 11 is 0. The van der Waals surface area contributed by atoms with Crippen molar-refractivity contribution in [2.75, 3.05) is 12.4 Å². The third-order valence-electron chi connectivity index (χ3n) is 6.31. The first-order valence-corrected chi connectivity index (χ1v) is 12.0. The predicted molar refractivity (Wildman–Crippen MR) is 141 cm³/mol. The Morgan fingerprint density at radius 3 is 2.61 bits per heavy atom. The molecule has 36 heavy (non-hydrogen) atoms. The molecule has 5 nitrogen and oxygen atoms in total. The van der Waals surface area contributed by atoms with Crippen molar-refractivity contribution in [1.82, 2.24) is 0 Å². The first kappa shape index (κ1) is 25.5. The highest BCUT2D eigenvalue weighted by molar-refractivity contribution is 5.87. The zero-order valence-corrected chi connectivity index (χ0v) is 21.6. The number of nitrogens with one attached hydrogen (secondary N) is 1. The number of esters is 1. The molecule has 1 atom stereocenters. The van der Waals surface area contributed by atoms with Crippen molar-refractivity contribution in [2.24, 2.45) is 0 Å². The Labute approximate surface area is 211 Å². The standard InChI is InChI=1S/C30H32FNO4/c1-18-10-11-22(31)15-27(18)35-17-25-24(12-13-26-28(25)19(2)16-30(4,5)32-26)21-8-7-9-23(14-21)36-29(33)20(3)34-6/h7-16,20,32H,17H2,1-6H3. The molecule has 3 aromatic carbocycles. The maximum Gasteiger partial charge on any atom is 0.340 e. The second kappa shape index (κ2) is 10.2. The molecular formula is C30H32FNO4. The van der Waals surface area contributed by atoms with Gasteiger partial charge in [0.15, 0.2) is 6.10 Å². The number of benzene rings is 3. The molecule has 4 rings (SSSR count). The summed E-state index contributed by atoms with van der Waals surface area (Å²) in [4.78, 5) is 12.3. The van der Waals surface area contributed by atoms with E-state index in [9.17, 15) is 9.18 Å². The molecule has 1 unspecified atom stereocenters. The van der Waals surface area contributed by atoms with Gasteiger partial charge in [0.25, 0.3) is 0 Å². The molecular weight excluding hydrogens is 457 g/mol. The van der Waals surface area contributed by atoms with E-state index in [1.165, 1.54) is 19.2 Å². The molecule has 0 saturated heterocycles. The molecule has 6 heteroatoms. The molecule has 0 radical (unpaired) electrons. The molecule has 1 aliphatic heterocycles. The fourth-order valence-electron chi connectivity index (χ4n) is 4.52. The summed E-state index contributed by atoms with van der Waals surface area (Å²) in [6, 6.07) is 16.0. The maximum atomic E-state index is 13.9. The zero-order chi connectivity index (χ0) is 26.0. The fraction of sp³-hybridized carbons (Fsp3) is 0.300. The van der Waals surface area contributed by atoms with Crippen LogP contribution in [0.1, 0.15) is 44.4 Å². The van der Waals surface area contributed by atoms with E-state index in [-0.39, 0.29) is 18.0 Å². The summed E-state index contributed by atoms with van der Waals surface area (Å²) in [5, 5.41) is 3.59. The fourth-order valence-corrected chi connectivity index (χ4v) is 4.52. The van der Waals surface area contributed by atoms with Gasteiger partial charge in [0.05, 0.1) is 5.54 Å². The Morgan fingerprint density at radius 2 is 1.86 bits per heavy atom. The van der Waals surface area contributed by atoms with E-state index in [2.05, 4.69) is 38.2 Å². The van der Waals surface area contributed by atoms with E-state index in [0.29, 0.717) is 11.5 Å². The third-order valence-corrected chi connectivity index (χ3v) is 6.31. The van der Waals surface area contributed by atoms with Crippen molar-refractivity contribution in [3.63, 3.8) is 0 Å². The van der Waals surface area contributed by atoms with Crippen LogP contribution in [0.2, 0.25) is 0 Å². The van der Waals surface area contributed by atoms with E-state index >= 15 is 0 Å². The van der Waals surface area contributed by atoms with Gasteiger partial charge in [-0.25, -0.2) is 9.18 Å². The minimum atomic E-state index is -0.668. The van der Waals surface area contributed by atoms with E-state index in [1.54, 1.807) is 19.1 Å². The number of anilines is 1. The van der Waals surface area contributed by atoms with Crippen molar-refractivity contribution >= 4 is 17.2 Å². The lowest BCUT2D eigenvalue weighted by Gasteiger charge is -2.33. The molecule has 188 valence electrons. The summed E-state index contributed by atoms with van der Waals surface area (Å²) < 4.78 is 30.7. The Hall–Kier alpha value is -3.64. The monoisotopic (exact) mass is 489 g/mol. The Morgan fingerprint density at radius 1 is 1.08 bits per heavy atom. The molecule has 3 aromatic rings. The van der Waals surface area contributed by atoms with Gasteiger partial charge in [-0.2, -0.15) is 0 Å². The summed E-state index contributed by atoms with van der Waals surface area (Å²) in [5.74, 6) is 0.125. The Bertz CT molecular complexity index is 1330. The molecule has 0 fully saturated rings. The van der Waals surface area contributed by atoms with Gasteiger partial charge in [-0.15, -0.1) is 0 Å². The van der Waals surface area contributed by atoms with Crippen molar-refractivity contribution in [3.8, 4) is 22.6 Å². The van der Waals surface area contributed by atoms with Gasteiger partial charge in [0.1, 0.15) is 23.9 Å². The molecule has 0 saturated carbocycles. The normalized spacial score (nSPS) is 14.8. The quantitative estimate of drug-likeness (QED) is 0.288. The number of aryl methyl sites for hydroxylation is 1. The number of ether oxygens (including phenoxy) is 3. The Balaban J connectivity index is 1.78. The highest BCUT2D eigenvalue weighted by Gasteiger charge is 2.26. The summed E-state index contributed by atoms with van der Waals surface area (Å²) in [7, 11) is 1.47. The predicted octanol–water partition coefficient (Wildman–Crippen LogP) is 6.93. The number of hydrogen-bond acceptors (Lipinski definition) is 5. The van der Waals surface area contributed by atoms with Gasteiger partial charge in [0, 0.05) is 30.0 Å². The van der Waals surface area contributed by atoms with Crippen LogP contribution in [-0.4, -0.2) is 24.7 Å². The largest absolute Gasteiger partial charge is 0.488 e. The van der Waals surface area contributed by atoms with Gasteiger partial charge >= 0.3 is 5.97 Å². The molecule has 1 heterocycles. The maximum absolute atomic E-state index is 13.9. The number of allylic oxidation sites excluding steroid dienone is 1. The Kier molecular flexibility index (Phi) is 7.18. The molecule has 0 spiro atoms. The van der Waals surface area contributed by atoms with Crippen molar-refractivity contribution in [3.05, 3.63) is 83.2 Å². The SMILES string of the molecule is COC(C)C(=O)Oc1cccc(-c2ccc3c(c2COc2cc(F)ccc2C)C(C)=CC(C)(C)N3)c1. The molecule has 1 N–H and O–H groups in total. The van der Waals surface area contributed by atoms with Crippen LogP contribution in [0, 0.1) is 12.7 Å². The second-order valence-electron chi connectivity index (χ2n) is 9.71. The lowest BCUT2D eigenvalue weighted by atomic mass is 9.85. The number of methoxy groups -OCH3 is 1. The van der Waals surface area contributed by atoms with Crippen LogP contribution in [0.25, 0.3) is 16.7 Å². The van der Waals surface area contributed by atoms with Gasteiger partial charge in [-0.1, -0.05) is 30.3 Å². The molecule has 1 aliphatic rings. The van der Waals surface area contributed by atoms with E-state index < -0.39 is 12.1 Å². The third kappa shape index (κ3) is 5.44. The van der Waals surface area contributed by atoms with Crippen LogP contribution < -0.4 is 14.8 Å². The minimum Gasteiger partial charge on any atom is -0.488 e. The molecule has 0 aromatic heterocycles. The zero-order valence-electron chi connectivity index (χ0n) is 21.6. The molecule has 0 bridgehead atoms. The van der Waals surface area contributed by atoms with Crippen LogP contribution in [0.5, 0.6) is 11.5 Å². The van der Waals surface area contributed by atoms with Crippen molar-refractivity contribution in [2.45, 2.75) is 52.9 Å². The van der Waals surface area contributed by atoms with Crippen LogP contribution >= 0.6 is 0 Å². The number of carbonyl (C=O) groups is 1. The number of rotatable bonds is 7. The smallest absolute Gasteiger partial charge is 0.340 e. The molecule has 0 amide bonds. The van der Waals surface area contributed by atoms with Crippen LogP contribution in [0.15, 0.2) is 60.7 Å². The van der Waals surface area contributed by atoms with E-state index in [1.807, 2.05) is 31.2 Å². The average Bonchev–Trinajstić information content (AvgIpc) is 2.83. The highest BCUT2D eigenvalue weighted by atomic mass is 19.1. The van der Waals surface area contributed by atoms with Gasteiger partial charge in [-0.05, 0) is 81.1 Å². The van der Waals surface area contributed by atoms with Gasteiger partial charge in [0.2, 0.25) is 0 Å². The van der Waals surface area contributed by atoms with Gasteiger partial charge < -0.3 is 19.5 Å². The molecule has 0 aliphatic carbocycles. The number of fused-ring (bicyclic) bond motifs is 1. The van der Waals surface area contributed by atoms with Crippen LogP contribution in [-0.2, 0) is 16.1 Å². The van der Waals surface area contributed by atoms with Gasteiger partial charge in [-0.3, -0.25) is 0 Å². The minimum absolute atomic E-state index is 0.192. The van der Waals surface area contributed by atoms with Crippen molar-refractivity contribution < 1.29 is 23.4 Å². The number of halogens is 1. The van der Waals surface area contributed by atoms with Crippen molar-refractivity contribution in [1.29, 1.82) is 0 Å².